The fourth-order valence-electron chi connectivity index (χ4n) is 1.15. The molecule has 1 N–H and O–H groups in total. The van der Waals surface area contributed by atoms with E-state index in [1.54, 1.807) is 0 Å². The molecule has 4 heteroatoms. The van der Waals surface area contributed by atoms with E-state index in [0.29, 0.717) is 5.12 Å². The van der Waals surface area contributed by atoms with Crippen molar-refractivity contribution in [3.05, 3.63) is 0 Å². The molecule has 2 nitrogen and oxygen atoms in total. The molecule has 0 bridgehead atoms. The van der Waals surface area contributed by atoms with E-state index < -0.39 is 8.24 Å². The van der Waals surface area contributed by atoms with Gasteiger partial charge in [-0.15, -0.1) is 0 Å². The highest BCUT2D eigenvalue weighted by Crippen LogP contribution is 2.20. The van der Waals surface area contributed by atoms with Crippen LogP contribution in [-0.2, 0) is 4.79 Å². The third kappa shape index (κ3) is 2.97. The zero-order valence-electron chi connectivity index (χ0n) is 7.31. The third-order valence-electron chi connectivity index (χ3n) is 1.54. The summed E-state index contributed by atoms with van der Waals surface area (Å²) in [5, 5.41) is 0.340. The molecule has 0 radical (unpaired) electrons. The van der Waals surface area contributed by atoms with E-state index in [-0.39, 0.29) is 6.04 Å². The van der Waals surface area contributed by atoms with E-state index in [2.05, 4.69) is 24.6 Å². The molecule has 1 atom stereocenters. The Morgan fingerprint density at radius 3 is 2.55 bits per heavy atom. The number of thioether (sulfide) groups is 1. The van der Waals surface area contributed by atoms with Crippen LogP contribution >= 0.6 is 11.8 Å². The van der Waals surface area contributed by atoms with Gasteiger partial charge in [0.2, 0.25) is 5.12 Å². The van der Waals surface area contributed by atoms with Gasteiger partial charge in [-0.05, 0) is 6.42 Å². The van der Waals surface area contributed by atoms with E-state index >= 15 is 0 Å². The van der Waals surface area contributed by atoms with E-state index in [0.717, 1.165) is 12.2 Å². The summed E-state index contributed by atoms with van der Waals surface area (Å²) in [6.07, 6.45) is 1.02. The molecular weight excluding hydrogens is 174 g/mol. The van der Waals surface area contributed by atoms with Crippen molar-refractivity contribution in [2.24, 2.45) is 0 Å². The molecule has 0 saturated carbocycles. The smallest absolute Gasteiger partial charge is 0.205 e. The van der Waals surface area contributed by atoms with Gasteiger partial charge in [-0.25, -0.2) is 0 Å². The van der Waals surface area contributed by atoms with E-state index in [1.165, 1.54) is 11.8 Å². The minimum Gasteiger partial charge on any atom is -0.328 e. The van der Waals surface area contributed by atoms with Crippen molar-refractivity contribution in [2.45, 2.75) is 32.1 Å². The molecule has 1 saturated heterocycles. The number of rotatable bonds is 2. The second-order valence-corrected chi connectivity index (χ2v) is 9.79. The van der Waals surface area contributed by atoms with Gasteiger partial charge in [-0.2, -0.15) is 0 Å². The predicted octanol–water partition coefficient (Wildman–Crippen LogP) is 1.44. The normalized spacial score (nSPS) is 26.1. The summed E-state index contributed by atoms with van der Waals surface area (Å²) in [6, 6.07) is 0.159. The Balaban J connectivity index is 2.43. The lowest BCUT2D eigenvalue weighted by atomic mass is 10.3. The summed E-state index contributed by atoms with van der Waals surface area (Å²) in [4.78, 5) is 14.6. The molecule has 1 rings (SSSR count). The van der Waals surface area contributed by atoms with Gasteiger partial charge < -0.3 is 4.98 Å². The Kier molecular flexibility index (Phi) is 2.78. The average molecular weight is 189 g/mol. The van der Waals surface area contributed by atoms with Gasteiger partial charge in [-0.1, -0.05) is 31.4 Å². The highest BCUT2D eigenvalue weighted by atomic mass is 32.2. The van der Waals surface area contributed by atoms with Crippen molar-refractivity contribution < 1.29 is 4.79 Å². The van der Waals surface area contributed by atoms with E-state index in [1.807, 2.05) is 0 Å². The predicted molar refractivity (Wildman–Crippen MR) is 52.4 cm³/mol. The first kappa shape index (κ1) is 9.29. The molecule has 11 heavy (non-hydrogen) atoms. The molecule has 0 spiro atoms. The maximum atomic E-state index is 11.2. The third-order valence-corrected chi connectivity index (χ3v) is 3.77. The van der Waals surface area contributed by atoms with Gasteiger partial charge in [0.05, 0.1) is 6.04 Å². The zero-order chi connectivity index (χ0) is 8.48. The second-order valence-electron chi connectivity index (χ2n) is 3.90. The van der Waals surface area contributed by atoms with Crippen LogP contribution in [-0.4, -0.2) is 25.1 Å². The summed E-state index contributed by atoms with van der Waals surface area (Å²) in [6.45, 7) is 6.68. The van der Waals surface area contributed by atoms with E-state index in [4.69, 9.17) is 0 Å². The van der Waals surface area contributed by atoms with Crippen LogP contribution < -0.4 is 4.98 Å². The number of carbonyl (C=O) groups is 1. The molecule has 0 aromatic heterocycles. The highest BCUT2D eigenvalue weighted by Gasteiger charge is 2.29. The summed E-state index contributed by atoms with van der Waals surface area (Å²) < 4.78 is 0. The minimum absolute atomic E-state index is 0.159. The lowest BCUT2D eigenvalue weighted by Gasteiger charge is -2.21. The largest absolute Gasteiger partial charge is 0.328 e. The zero-order valence-corrected chi connectivity index (χ0v) is 9.12. The van der Waals surface area contributed by atoms with Crippen LogP contribution in [0.4, 0.5) is 0 Å². The fourth-order valence-corrected chi connectivity index (χ4v) is 3.51. The number of carbonyl (C=O) groups excluding carboxylic acids is 1. The molecule has 1 fully saturated rings. The minimum atomic E-state index is -1.25. The summed E-state index contributed by atoms with van der Waals surface area (Å²) in [5.74, 6) is 1.00. The lowest BCUT2D eigenvalue weighted by Crippen LogP contribution is -2.49. The monoisotopic (exact) mass is 189 g/mol. The van der Waals surface area contributed by atoms with Crippen LogP contribution in [0.15, 0.2) is 0 Å². The van der Waals surface area contributed by atoms with Crippen LogP contribution in [0, 0.1) is 0 Å². The average Bonchev–Trinajstić information content (AvgIpc) is 2.12. The summed E-state index contributed by atoms with van der Waals surface area (Å²) in [7, 11) is -1.25. The van der Waals surface area contributed by atoms with Gasteiger partial charge in [0.25, 0.3) is 0 Å². The molecule has 1 unspecified atom stereocenters. The quantitative estimate of drug-likeness (QED) is 0.667. The van der Waals surface area contributed by atoms with E-state index in [9.17, 15) is 4.79 Å². The molecule has 1 aliphatic rings. The SMILES string of the molecule is C[Si](C)(C)NC1CCSC1=O. The Hall–Kier alpha value is 0.197. The van der Waals surface area contributed by atoms with Crippen molar-refractivity contribution in [3.8, 4) is 0 Å². The van der Waals surface area contributed by atoms with Gasteiger partial charge in [0, 0.05) is 5.75 Å². The second kappa shape index (κ2) is 3.29. The molecule has 0 aromatic carbocycles. The molecule has 1 heterocycles. The maximum absolute atomic E-state index is 11.2. The number of hydrogen-bond donors (Lipinski definition) is 1. The maximum Gasteiger partial charge on any atom is 0.205 e. The van der Waals surface area contributed by atoms with Crippen LogP contribution in [0.2, 0.25) is 19.6 Å². The Labute approximate surface area is 73.2 Å². The first-order valence-electron chi connectivity index (χ1n) is 3.93. The van der Waals surface area contributed by atoms with Crippen molar-refractivity contribution in [1.82, 2.24) is 4.98 Å². The van der Waals surface area contributed by atoms with Crippen LogP contribution in [0.25, 0.3) is 0 Å². The highest BCUT2D eigenvalue weighted by molar-refractivity contribution is 8.14. The molecule has 64 valence electrons. The van der Waals surface area contributed by atoms with Crippen LogP contribution in [0.1, 0.15) is 6.42 Å². The molecule has 1 aliphatic heterocycles. The topological polar surface area (TPSA) is 29.1 Å². The Morgan fingerprint density at radius 1 is 1.55 bits per heavy atom. The Morgan fingerprint density at radius 2 is 2.18 bits per heavy atom. The molecular formula is C7H15NOSSi. The summed E-state index contributed by atoms with van der Waals surface area (Å²) >= 11 is 1.47. The van der Waals surface area contributed by atoms with Crippen molar-refractivity contribution in [3.63, 3.8) is 0 Å². The van der Waals surface area contributed by atoms with Crippen molar-refractivity contribution >= 4 is 25.1 Å². The lowest BCUT2D eigenvalue weighted by molar-refractivity contribution is -0.111. The molecule has 0 aromatic rings. The number of nitrogens with one attached hydrogen (secondary N) is 1. The van der Waals surface area contributed by atoms with Crippen LogP contribution in [0.3, 0.4) is 0 Å². The first-order valence-corrected chi connectivity index (χ1v) is 8.42. The molecule has 0 amide bonds. The van der Waals surface area contributed by atoms with Gasteiger partial charge in [0.1, 0.15) is 8.24 Å². The summed E-state index contributed by atoms with van der Waals surface area (Å²) in [5.41, 5.74) is 0. The fraction of sp³-hybridized carbons (Fsp3) is 0.857. The molecule has 0 aliphatic carbocycles. The van der Waals surface area contributed by atoms with Gasteiger partial charge in [-0.3, -0.25) is 4.79 Å². The Bertz CT molecular complexity index is 166. The van der Waals surface area contributed by atoms with Crippen molar-refractivity contribution in [2.75, 3.05) is 5.75 Å². The number of hydrogen-bond acceptors (Lipinski definition) is 3. The van der Waals surface area contributed by atoms with Crippen LogP contribution in [0.5, 0.6) is 0 Å². The standard InChI is InChI=1S/C7H15NOSSi/c1-11(2,3)8-6-4-5-10-7(6)9/h6,8H,4-5H2,1-3H3. The van der Waals surface area contributed by atoms with Gasteiger partial charge in [0.15, 0.2) is 0 Å². The first-order chi connectivity index (χ1) is 4.99. The van der Waals surface area contributed by atoms with Gasteiger partial charge >= 0.3 is 0 Å². The van der Waals surface area contributed by atoms with Crippen molar-refractivity contribution in [1.29, 1.82) is 0 Å².